The summed E-state index contributed by atoms with van der Waals surface area (Å²) in [6.45, 7) is 4.68. The number of rotatable bonds is 11. The second-order valence-electron chi connectivity index (χ2n) is 9.45. The number of ether oxygens (including phenoxy) is 4. The van der Waals surface area contributed by atoms with Crippen molar-refractivity contribution in [2.45, 2.75) is 76.7 Å². The Kier molecular flexibility index (Phi) is 8.92. The van der Waals surface area contributed by atoms with Crippen LogP contribution in [0.15, 0.2) is 48.5 Å². The maximum atomic E-state index is 12.3. The standard InChI is InChI=1S/C28H36N2O6/c1-19(25-17-33-21-11-7-9-13-23(21)35-25)29-27(31)15-5-3-4-6-16-28(32)30-20(2)26-18-34-22-12-8-10-14-24(22)36-26/h7-14,19-20,25-26H,3-6,15-18H2,1-2H3,(H,29,31)(H,30,32)/t19-,20-,25-,26+/m0/s1. The summed E-state index contributed by atoms with van der Waals surface area (Å²) in [5, 5.41) is 6.04. The molecule has 0 saturated heterocycles. The van der Waals surface area contributed by atoms with Crippen LogP contribution in [0.25, 0.3) is 0 Å². The van der Waals surface area contributed by atoms with Crippen molar-refractivity contribution in [1.29, 1.82) is 0 Å². The lowest BCUT2D eigenvalue weighted by atomic mass is 10.1. The van der Waals surface area contributed by atoms with Gasteiger partial charge in [0, 0.05) is 12.8 Å². The van der Waals surface area contributed by atoms with Crippen LogP contribution in [-0.4, -0.2) is 49.3 Å². The first-order chi connectivity index (χ1) is 17.5. The molecule has 0 aromatic heterocycles. The molecule has 2 N–H and O–H groups in total. The van der Waals surface area contributed by atoms with Gasteiger partial charge < -0.3 is 29.6 Å². The zero-order valence-corrected chi connectivity index (χ0v) is 21.0. The van der Waals surface area contributed by atoms with Gasteiger partial charge in [0.15, 0.2) is 35.2 Å². The van der Waals surface area contributed by atoms with Crippen molar-refractivity contribution in [1.82, 2.24) is 10.6 Å². The first kappa shape index (κ1) is 25.7. The van der Waals surface area contributed by atoms with Crippen molar-refractivity contribution < 1.29 is 28.5 Å². The second kappa shape index (κ2) is 12.5. The number of carbonyl (C=O) groups excluding carboxylic acids is 2. The number of unbranched alkanes of at least 4 members (excludes halogenated alkanes) is 3. The zero-order valence-electron chi connectivity index (χ0n) is 21.0. The molecule has 194 valence electrons. The summed E-state index contributed by atoms with van der Waals surface area (Å²) in [4.78, 5) is 24.7. The van der Waals surface area contributed by atoms with E-state index in [2.05, 4.69) is 10.6 Å². The molecule has 4 atom stereocenters. The lowest BCUT2D eigenvalue weighted by Gasteiger charge is -2.30. The lowest BCUT2D eigenvalue weighted by molar-refractivity contribution is -0.123. The first-order valence-electron chi connectivity index (χ1n) is 12.9. The molecule has 8 nitrogen and oxygen atoms in total. The Balaban J connectivity index is 1.05. The van der Waals surface area contributed by atoms with Crippen LogP contribution in [0.2, 0.25) is 0 Å². The smallest absolute Gasteiger partial charge is 0.220 e. The van der Waals surface area contributed by atoms with Crippen LogP contribution in [0, 0.1) is 0 Å². The van der Waals surface area contributed by atoms with Crippen molar-refractivity contribution in [2.24, 2.45) is 0 Å². The molecular formula is C28H36N2O6. The number of benzene rings is 2. The Morgan fingerprint density at radius 2 is 1.08 bits per heavy atom. The van der Waals surface area contributed by atoms with Gasteiger partial charge in [-0.2, -0.15) is 0 Å². The van der Waals surface area contributed by atoms with Gasteiger partial charge in [0.1, 0.15) is 13.2 Å². The molecule has 0 radical (unpaired) electrons. The minimum Gasteiger partial charge on any atom is -0.486 e. The summed E-state index contributed by atoms with van der Waals surface area (Å²) in [6.07, 6.45) is 3.85. The average molecular weight is 497 g/mol. The average Bonchev–Trinajstić information content (AvgIpc) is 2.90. The largest absolute Gasteiger partial charge is 0.486 e. The van der Waals surface area contributed by atoms with E-state index in [4.69, 9.17) is 18.9 Å². The number of para-hydroxylation sites is 4. The van der Waals surface area contributed by atoms with Crippen LogP contribution in [0.4, 0.5) is 0 Å². The molecule has 36 heavy (non-hydrogen) atoms. The summed E-state index contributed by atoms with van der Waals surface area (Å²) in [5.41, 5.74) is 0. The fourth-order valence-electron chi connectivity index (χ4n) is 4.33. The normalized spacial score (nSPS) is 19.6. The van der Waals surface area contributed by atoms with E-state index in [-0.39, 0.29) is 36.1 Å². The highest BCUT2D eigenvalue weighted by atomic mass is 16.6. The van der Waals surface area contributed by atoms with Crippen molar-refractivity contribution in [3.05, 3.63) is 48.5 Å². The molecule has 0 aliphatic carbocycles. The Bertz CT molecular complexity index is 947. The Morgan fingerprint density at radius 3 is 1.50 bits per heavy atom. The van der Waals surface area contributed by atoms with Crippen LogP contribution in [-0.2, 0) is 9.59 Å². The van der Waals surface area contributed by atoms with Gasteiger partial charge in [0.25, 0.3) is 0 Å². The number of hydrogen-bond acceptors (Lipinski definition) is 6. The highest BCUT2D eigenvalue weighted by molar-refractivity contribution is 5.76. The van der Waals surface area contributed by atoms with E-state index in [1.807, 2.05) is 62.4 Å². The Hall–Kier alpha value is -3.42. The van der Waals surface area contributed by atoms with Gasteiger partial charge in [0.2, 0.25) is 11.8 Å². The van der Waals surface area contributed by atoms with E-state index in [9.17, 15) is 9.59 Å². The maximum Gasteiger partial charge on any atom is 0.220 e. The molecule has 2 aromatic rings. The van der Waals surface area contributed by atoms with Crippen molar-refractivity contribution in [3.63, 3.8) is 0 Å². The minimum atomic E-state index is -0.218. The van der Waals surface area contributed by atoms with Crippen LogP contribution in [0.3, 0.4) is 0 Å². The number of fused-ring (bicyclic) bond motifs is 2. The van der Waals surface area contributed by atoms with E-state index < -0.39 is 0 Å². The van der Waals surface area contributed by atoms with Gasteiger partial charge in [-0.15, -0.1) is 0 Å². The molecular weight excluding hydrogens is 460 g/mol. The lowest BCUT2D eigenvalue weighted by Crippen LogP contribution is -2.48. The van der Waals surface area contributed by atoms with Crippen LogP contribution < -0.4 is 29.6 Å². The zero-order chi connectivity index (χ0) is 25.3. The molecule has 0 bridgehead atoms. The third-order valence-electron chi connectivity index (χ3n) is 6.51. The fraction of sp³-hybridized carbons (Fsp3) is 0.500. The minimum absolute atomic E-state index is 0.00722. The third-order valence-corrected chi connectivity index (χ3v) is 6.51. The molecule has 2 amide bonds. The number of nitrogens with one attached hydrogen (secondary N) is 2. The predicted octanol–water partition coefficient (Wildman–Crippen LogP) is 4.02. The highest BCUT2D eigenvalue weighted by Crippen LogP contribution is 2.32. The molecule has 0 saturated carbocycles. The summed E-state index contributed by atoms with van der Waals surface area (Å²) in [5.74, 6) is 2.90. The number of amides is 2. The predicted molar refractivity (Wildman–Crippen MR) is 136 cm³/mol. The van der Waals surface area contributed by atoms with E-state index >= 15 is 0 Å². The van der Waals surface area contributed by atoms with E-state index in [0.29, 0.717) is 37.6 Å². The van der Waals surface area contributed by atoms with E-state index in [1.54, 1.807) is 0 Å². The van der Waals surface area contributed by atoms with E-state index in [0.717, 1.165) is 37.2 Å². The number of carbonyl (C=O) groups is 2. The second-order valence-corrected chi connectivity index (χ2v) is 9.45. The molecule has 0 unspecified atom stereocenters. The number of hydrogen-bond donors (Lipinski definition) is 2. The van der Waals surface area contributed by atoms with Crippen LogP contribution in [0.5, 0.6) is 23.0 Å². The van der Waals surface area contributed by atoms with Gasteiger partial charge in [-0.3, -0.25) is 9.59 Å². The van der Waals surface area contributed by atoms with E-state index in [1.165, 1.54) is 0 Å². The quantitative estimate of drug-likeness (QED) is 0.457. The summed E-state index contributed by atoms with van der Waals surface area (Å²) in [7, 11) is 0. The van der Waals surface area contributed by atoms with Crippen molar-refractivity contribution in [3.8, 4) is 23.0 Å². The molecule has 2 aliphatic heterocycles. The van der Waals surface area contributed by atoms with Gasteiger partial charge in [-0.05, 0) is 51.0 Å². The third kappa shape index (κ3) is 7.06. The first-order valence-corrected chi connectivity index (χ1v) is 12.9. The summed E-state index contributed by atoms with van der Waals surface area (Å²) >= 11 is 0. The molecule has 4 rings (SSSR count). The summed E-state index contributed by atoms with van der Waals surface area (Å²) < 4.78 is 23.4. The van der Waals surface area contributed by atoms with Gasteiger partial charge in [0.05, 0.1) is 12.1 Å². The van der Waals surface area contributed by atoms with Crippen molar-refractivity contribution in [2.75, 3.05) is 13.2 Å². The molecule has 2 aliphatic rings. The Labute approximate surface area is 212 Å². The highest BCUT2D eigenvalue weighted by Gasteiger charge is 2.28. The van der Waals surface area contributed by atoms with Gasteiger partial charge in [-0.1, -0.05) is 37.1 Å². The van der Waals surface area contributed by atoms with Gasteiger partial charge >= 0.3 is 0 Å². The van der Waals surface area contributed by atoms with Gasteiger partial charge in [-0.25, -0.2) is 0 Å². The topological polar surface area (TPSA) is 95.1 Å². The fourth-order valence-corrected chi connectivity index (χ4v) is 4.33. The monoisotopic (exact) mass is 496 g/mol. The maximum absolute atomic E-state index is 12.3. The van der Waals surface area contributed by atoms with Crippen LogP contribution in [0.1, 0.15) is 52.4 Å². The summed E-state index contributed by atoms with van der Waals surface area (Å²) in [6, 6.07) is 14.8. The Morgan fingerprint density at radius 1 is 0.694 bits per heavy atom. The van der Waals surface area contributed by atoms with Crippen molar-refractivity contribution >= 4 is 11.8 Å². The molecule has 0 fully saturated rings. The van der Waals surface area contributed by atoms with Crippen LogP contribution >= 0.6 is 0 Å². The SMILES string of the molecule is C[C@H](NC(=O)CCCCCCC(=O)N[C@@H](C)[C@H]1COc2ccccc2O1)[C@@H]1COc2ccccc2O1. The molecule has 8 heteroatoms. The molecule has 0 spiro atoms. The molecule has 2 aromatic carbocycles. The molecule has 2 heterocycles.